The molecule has 126 valence electrons. The van der Waals surface area contributed by atoms with Crippen molar-refractivity contribution < 1.29 is 14.0 Å². The Kier molecular flexibility index (Phi) is 4.69. The van der Waals surface area contributed by atoms with E-state index in [0.717, 1.165) is 25.1 Å². The van der Waals surface area contributed by atoms with E-state index in [1.807, 2.05) is 24.0 Å². The summed E-state index contributed by atoms with van der Waals surface area (Å²) >= 11 is 0. The molecule has 24 heavy (non-hydrogen) atoms. The molecule has 1 aromatic heterocycles. The molecule has 1 fully saturated rings. The number of amides is 2. The number of anilines is 1. The summed E-state index contributed by atoms with van der Waals surface area (Å²) in [6.45, 7) is 5.66. The Bertz CT molecular complexity index is 737. The van der Waals surface area contributed by atoms with Crippen molar-refractivity contribution in [1.82, 2.24) is 4.90 Å². The number of furan rings is 1. The van der Waals surface area contributed by atoms with Gasteiger partial charge in [-0.25, -0.2) is 0 Å². The number of rotatable bonds is 3. The second-order valence-corrected chi connectivity index (χ2v) is 6.46. The summed E-state index contributed by atoms with van der Waals surface area (Å²) < 4.78 is 5.10. The van der Waals surface area contributed by atoms with Crippen molar-refractivity contribution in [1.29, 1.82) is 0 Å². The maximum absolute atomic E-state index is 12.7. The van der Waals surface area contributed by atoms with Gasteiger partial charge in [0, 0.05) is 24.3 Å². The number of hydrogen-bond donors (Lipinski definition) is 1. The first-order valence-corrected chi connectivity index (χ1v) is 8.29. The Morgan fingerprint density at radius 3 is 2.83 bits per heavy atom. The molecule has 2 amide bonds. The van der Waals surface area contributed by atoms with E-state index in [9.17, 15) is 9.59 Å². The van der Waals surface area contributed by atoms with Crippen LogP contribution in [0, 0.1) is 12.8 Å². The zero-order valence-electron chi connectivity index (χ0n) is 14.0. The van der Waals surface area contributed by atoms with Crippen LogP contribution < -0.4 is 5.32 Å². The van der Waals surface area contributed by atoms with Gasteiger partial charge in [-0.15, -0.1) is 0 Å². The number of aryl methyl sites for hydroxylation is 1. The highest BCUT2D eigenvalue weighted by molar-refractivity contribution is 6.03. The van der Waals surface area contributed by atoms with Crippen LogP contribution in [-0.2, 0) is 0 Å². The van der Waals surface area contributed by atoms with Crippen molar-refractivity contribution in [2.45, 2.75) is 26.7 Å². The van der Waals surface area contributed by atoms with E-state index in [0.29, 0.717) is 17.2 Å². The highest BCUT2D eigenvalue weighted by Crippen LogP contribution is 2.22. The fourth-order valence-electron chi connectivity index (χ4n) is 3.04. The summed E-state index contributed by atoms with van der Waals surface area (Å²) in [5, 5.41) is 2.82. The smallest absolute Gasteiger partial charge is 0.291 e. The first-order chi connectivity index (χ1) is 11.5. The van der Waals surface area contributed by atoms with Gasteiger partial charge in [-0.05, 0) is 55.5 Å². The van der Waals surface area contributed by atoms with Gasteiger partial charge in [0.05, 0.1) is 6.26 Å². The lowest BCUT2D eigenvalue weighted by Gasteiger charge is -2.31. The minimum atomic E-state index is -0.320. The number of piperidine rings is 1. The number of benzene rings is 1. The molecule has 0 spiro atoms. The zero-order chi connectivity index (χ0) is 17.1. The molecule has 1 N–H and O–H groups in total. The second-order valence-electron chi connectivity index (χ2n) is 6.46. The third kappa shape index (κ3) is 3.50. The average Bonchev–Trinajstić information content (AvgIpc) is 3.11. The van der Waals surface area contributed by atoms with Gasteiger partial charge >= 0.3 is 0 Å². The summed E-state index contributed by atoms with van der Waals surface area (Å²) in [4.78, 5) is 26.8. The number of nitrogens with one attached hydrogen (secondary N) is 1. The molecule has 1 aliphatic rings. The van der Waals surface area contributed by atoms with Crippen LogP contribution in [0.1, 0.15) is 46.2 Å². The fraction of sp³-hybridized carbons (Fsp3) is 0.368. The molecule has 1 saturated heterocycles. The van der Waals surface area contributed by atoms with Crippen LogP contribution in [0.25, 0.3) is 0 Å². The lowest BCUT2D eigenvalue weighted by Crippen LogP contribution is -2.39. The number of carbonyl (C=O) groups is 2. The molecular weight excluding hydrogens is 304 g/mol. The monoisotopic (exact) mass is 326 g/mol. The van der Waals surface area contributed by atoms with Crippen LogP contribution in [0.2, 0.25) is 0 Å². The molecule has 2 heterocycles. The molecule has 0 saturated carbocycles. The number of nitrogens with zero attached hydrogens (tertiary/aromatic N) is 1. The van der Waals surface area contributed by atoms with E-state index in [2.05, 4.69) is 12.2 Å². The molecule has 5 nitrogen and oxygen atoms in total. The van der Waals surface area contributed by atoms with E-state index in [-0.39, 0.29) is 17.6 Å². The third-order valence-electron chi connectivity index (χ3n) is 4.42. The SMILES string of the molecule is Cc1ccc(C(=O)N2CCC[C@@H](C)C2)cc1NC(=O)c1ccco1. The van der Waals surface area contributed by atoms with Crippen LogP contribution in [0.4, 0.5) is 5.69 Å². The van der Waals surface area contributed by atoms with Crippen molar-refractivity contribution in [3.8, 4) is 0 Å². The van der Waals surface area contributed by atoms with E-state index < -0.39 is 0 Å². The normalized spacial score (nSPS) is 17.6. The molecule has 0 unspecified atom stereocenters. The van der Waals surface area contributed by atoms with Crippen molar-refractivity contribution >= 4 is 17.5 Å². The summed E-state index contributed by atoms with van der Waals surface area (Å²) in [5.41, 5.74) is 2.13. The largest absolute Gasteiger partial charge is 0.459 e. The third-order valence-corrected chi connectivity index (χ3v) is 4.42. The standard InChI is InChI=1S/C19H22N2O3/c1-13-5-3-9-21(12-13)19(23)15-8-7-14(2)16(11-15)20-18(22)17-6-4-10-24-17/h4,6-8,10-11,13H,3,5,9,12H2,1-2H3,(H,20,22)/t13-/m1/s1. The van der Waals surface area contributed by atoms with Gasteiger partial charge < -0.3 is 14.6 Å². The molecule has 0 radical (unpaired) electrons. The summed E-state index contributed by atoms with van der Waals surface area (Å²) in [6.07, 6.45) is 3.67. The topological polar surface area (TPSA) is 62.6 Å². The average molecular weight is 326 g/mol. The maximum atomic E-state index is 12.7. The number of carbonyl (C=O) groups excluding carboxylic acids is 2. The van der Waals surface area contributed by atoms with Crippen molar-refractivity contribution in [3.63, 3.8) is 0 Å². The minimum absolute atomic E-state index is 0.0232. The van der Waals surface area contributed by atoms with Crippen LogP contribution >= 0.6 is 0 Å². The Hall–Kier alpha value is -2.56. The number of likely N-dealkylation sites (tertiary alicyclic amines) is 1. The van der Waals surface area contributed by atoms with E-state index >= 15 is 0 Å². The molecular formula is C19H22N2O3. The molecule has 1 atom stereocenters. The van der Waals surface area contributed by atoms with Gasteiger partial charge in [0.25, 0.3) is 11.8 Å². The summed E-state index contributed by atoms with van der Waals surface area (Å²) in [6, 6.07) is 8.70. The first-order valence-electron chi connectivity index (χ1n) is 8.29. The first kappa shape index (κ1) is 16.3. The Labute approximate surface area is 141 Å². The summed E-state index contributed by atoms with van der Waals surface area (Å²) in [5.74, 6) is 0.483. The van der Waals surface area contributed by atoms with Crippen LogP contribution in [-0.4, -0.2) is 29.8 Å². The van der Waals surface area contributed by atoms with Crippen LogP contribution in [0.15, 0.2) is 41.0 Å². The molecule has 3 rings (SSSR count). The molecule has 0 aliphatic carbocycles. The highest BCUT2D eigenvalue weighted by Gasteiger charge is 2.22. The Morgan fingerprint density at radius 2 is 2.12 bits per heavy atom. The Morgan fingerprint density at radius 1 is 1.29 bits per heavy atom. The molecule has 5 heteroatoms. The van der Waals surface area contributed by atoms with E-state index in [1.165, 1.54) is 12.7 Å². The van der Waals surface area contributed by atoms with Gasteiger partial charge in [-0.1, -0.05) is 13.0 Å². The lowest BCUT2D eigenvalue weighted by atomic mass is 9.99. The van der Waals surface area contributed by atoms with Gasteiger partial charge in [0.15, 0.2) is 5.76 Å². The van der Waals surface area contributed by atoms with Crippen LogP contribution in [0.3, 0.4) is 0 Å². The number of hydrogen-bond acceptors (Lipinski definition) is 3. The van der Waals surface area contributed by atoms with Crippen LogP contribution in [0.5, 0.6) is 0 Å². The quantitative estimate of drug-likeness (QED) is 0.935. The maximum Gasteiger partial charge on any atom is 0.291 e. The Balaban J connectivity index is 1.78. The van der Waals surface area contributed by atoms with Gasteiger partial charge in [0.1, 0.15) is 0 Å². The van der Waals surface area contributed by atoms with Gasteiger partial charge in [-0.2, -0.15) is 0 Å². The van der Waals surface area contributed by atoms with E-state index in [4.69, 9.17) is 4.42 Å². The molecule has 2 aromatic rings. The van der Waals surface area contributed by atoms with E-state index in [1.54, 1.807) is 18.2 Å². The minimum Gasteiger partial charge on any atom is -0.459 e. The predicted octanol–water partition coefficient (Wildman–Crippen LogP) is 3.71. The molecule has 1 aromatic carbocycles. The van der Waals surface area contributed by atoms with Crippen molar-refractivity contribution in [2.75, 3.05) is 18.4 Å². The van der Waals surface area contributed by atoms with Crippen molar-refractivity contribution in [2.24, 2.45) is 5.92 Å². The highest BCUT2D eigenvalue weighted by atomic mass is 16.3. The zero-order valence-corrected chi connectivity index (χ0v) is 14.0. The second kappa shape index (κ2) is 6.91. The fourth-order valence-corrected chi connectivity index (χ4v) is 3.04. The predicted molar refractivity (Wildman–Crippen MR) is 92.1 cm³/mol. The summed E-state index contributed by atoms with van der Waals surface area (Å²) in [7, 11) is 0. The molecule has 0 bridgehead atoms. The van der Waals surface area contributed by atoms with Crippen molar-refractivity contribution in [3.05, 3.63) is 53.5 Å². The van der Waals surface area contributed by atoms with Gasteiger partial charge in [0.2, 0.25) is 0 Å². The molecule has 1 aliphatic heterocycles. The van der Waals surface area contributed by atoms with Gasteiger partial charge in [-0.3, -0.25) is 9.59 Å². The lowest BCUT2D eigenvalue weighted by molar-refractivity contribution is 0.0683.